The summed E-state index contributed by atoms with van der Waals surface area (Å²) in [6.45, 7) is 5.18. The zero-order chi connectivity index (χ0) is 21.6. The monoisotopic (exact) mass is 432 g/mol. The number of hydrogen-bond acceptors (Lipinski definition) is 5. The maximum atomic E-state index is 12.9. The number of benzene rings is 2. The molecule has 0 radical (unpaired) electrons. The maximum Gasteiger partial charge on any atom is 0.251 e. The molecule has 7 nitrogen and oxygen atoms in total. The molecule has 0 bridgehead atoms. The van der Waals surface area contributed by atoms with E-state index in [0.29, 0.717) is 24.4 Å². The number of rotatable bonds is 8. The van der Waals surface area contributed by atoms with Gasteiger partial charge >= 0.3 is 0 Å². The van der Waals surface area contributed by atoms with Crippen molar-refractivity contribution in [2.75, 3.05) is 0 Å². The highest BCUT2D eigenvalue weighted by molar-refractivity contribution is 7.98. The molecule has 2 aromatic heterocycles. The number of aryl methyl sites for hydroxylation is 1. The number of amides is 1. The number of nitrogens with zero attached hydrogens (tertiary/aromatic N) is 4. The van der Waals surface area contributed by atoms with Gasteiger partial charge in [-0.15, -0.1) is 0 Å². The Bertz CT molecular complexity index is 1150. The number of nitrogens with one attached hydrogen (secondary N) is 2. The van der Waals surface area contributed by atoms with Gasteiger partial charge in [0.15, 0.2) is 5.16 Å². The zero-order valence-electron chi connectivity index (χ0n) is 17.5. The summed E-state index contributed by atoms with van der Waals surface area (Å²) in [7, 11) is 0. The molecule has 0 atom stereocenters. The largest absolute Gasteiger partial charge is 0.348 e. The van der Waals surface area contributed by atoms with E-state index in [1.807, 2.05) is 61.0 Å². The van der Waals surface area contributed by atoms with Crippen molar-refractivity contribution in [2.24, 2.45) is 0 Å². The van der Waals surface area contributed by atoms with Crippen molar-refractivity contribution in [3.63, 3.8) is 0 Å². The molecule has 0 saturated heterocycles. The SMILES string of the molecule is Cc1nn(Cc2ccccc2)c(C)c1CNC(=O)c1ccccc1CSc1ncn[nH]1. The number of carbonyl (C=O) groups excluding carboxylic acids is 1. The van der Waals surface area contributed by atoms with Crippen LogP contribution in [0.3, 0.4) is 0 Å². The Kier molecular flexibility index (Phi) is 6.47. The van der Waals surface area contributed by atoms with Gasteiger partial charge in [-0.3, -0.25) is 14.6 Å². The van der Waals surface area contributed by atoms with Gasteiger partial charge in [0.2, 0.25) is 0 Å². The molecule has 8 heteroatoms. The third-order valence-electron chi connectivity index (χ3n) is 5.15. The molecule has 0 fully saturated rings. The number of aromatic nitrogens is 5. The average Bonchev–Trinajstić information content (AvgIpc) is 3.40. The molecule has 0 unspecified atom stereocenters. The van der Waals surface area contributed by atoms with Gasteiger partial charge in [0.1, 0.15) is 6.33 Å². The molecule has 4 aromatic rings. The van der Waals surface area contributed by atoms with Crippen LogP contribution in [-0.2, 0) is 18.8 Å². The van der Waals surface area contributed by atoms with E-state index in [9.17, 15) is 4.79 Å². The minimum absolute atomic E-state index is 0.0941. The summed E-state index contributed by atoms with van der Waals surface area (Å²) in [5.74, 6) is 0.537. The lowest BCUT2D eigenvalue weighted by Crippen LogP contribution is -2.24. The minimum atomic E-state index is -0.0941. The van der Waals surface area contributed by atoms with Crippen LogP contribution in [0, 0.1) is 13.8 Å². The summed E-state index contributed by atoms with van der Waals surface area (Å²) in [6, 6.07) is 17.9. The first-order valence-corrected chi connectivity index (χ1v) is 11.0. The summed E-state index contributed by atoms with van der Waals surface area (Å²) in [5, 5.41) is 15.2. The minimum Gasteiger partial charge on any atom is -0.348 e. The van der Waals surface area contributed by atoms with Crippen LogP contribution < -0.4 is 5.32 Å². The van der Waals surface area contributed by atoms with Crippen LogP contribution in [0.2, 0.25) is 0 Å². The fourth-order valence-corrected chi connectivity index (χ4v) is 4.22. The standard InChI is InChI=1S/C23H24N6OS/c1-16-21(17(2)29(28-16)13-18-8-4-3-5-9-18)12-24-22(30)20-11-7-6-10-19(20)14-31-23-25-15-26-27-23/h3-11,15H,12-14H2,1-2H3,(H,24,30)(H,25,26,27). The molecule has 158 valence electrons. The van der Waals surface area contributed by atoms with Crippen molar-refractivity contribution in [2.45, 2.75) is 37.8 Å². The molecule has 4 rings (SSSR count). The van der Waals surface area contributed by atoms with Gasteiger partial charge in [0.25, 0.3) is 5.91 Å². The van der Waals surface area contributed by atoms with Gasteiger partial charge in [-0.05, 0) is 31.0 Å². The van der Waals surface area contributed by atoms with E-state index >= 15 is 0 Å². The number of carbonyl (C=O) groups is 1. The first-order valence-electron chi connectivity index (χ1n) is 10.0. The highest BCUT2D eigenvalue weighted by atomic mass is 32.2. The quantitative estimate of drug-likeness (QED) is 0.413. The first kappa shape index (κ1) is 20.9. The van der Waals surface area contributed by atoms with Crippen LogP contribution in [0.5, 0.6) is 0 Å². The molecule has 0 aliphatic rings. The summed E-state index contributed by atoms with van der Waals surface area (Å²) in [5.41, 5.74) is 5.87. The average molecular weight is 433 g/mol. The number of aromatic amines is 1. The molecule has 0 aliphatic carbocycles. The van der Waals surface area contributed by atoms with E-state index in [1.54, 1.807) is 0 Å². The van der Waals surface area contributed by atoms with Crippen molar-refractivity contribution in [1.29, 1.82) is 0 Å². The van der Waals surface area contributed by atoms with Gasteiger partial charge < -0.3 is 5.32 Å². The normalized spacial score (nSPS) is 10.9. The first-order chi connectivity index (χ1) is 15.1. The predicted molar refractivity (Wildman–Crippen MR) is 121 cm³/mol. The fraction of sp³-hybridized carbons (Fsp3) is 0.217. The van der Waals surface area contributed by atoms with E-state index in [4.69, 9.17) is 0 Å². The molecule has 2 aromatic carbocycles. The second-order valence-corrected chi connectivity index (χ2v) is 8.18. The lowest BCUT2D eigenvalue weighted by atomic mass is 10.1. The summed E-state index contributed by atoms with van der Waals surface area (Å²) < 4.78 is 1.99. The van der Waals surface area contributed by atoms with Crippen LogP contribution in [0.4, 0.5) is 0 Å². The molecule has 2 heterocycles. The second kappa shape index (κ2) is 9.61. The van der Waals surface area contributed by atoms with Crippen LogP contribution in [0.25, 0.3) is 0 Å². The smallest absolute Gasteiger partial charge is 0.251 e. The molecule has 0 spiro atoms. The molecular formula is C23H24N6OS. The van der Waals surface area contributed by atoms with Crippen molar-refractivity contribution in [1.82, 2.24) is 30.3 Å². The Morgan fingerprint density at radius 1 is 1.10 bits per heavy atom. The highest BCUT2D eigenvalue weighted by Gasteiger charge is 2.15. The highest BCUT2D eigenvalue weighted by Crippen LogP contribution is 2.21. The molecular weight excluding hydrogens is 408 g/mol. The number of thioether (sulfide) groups is 1. The number of hydrogen-bond donors (Lipinski definition) is 2. The lowest BCUT2D eigenvalue weighted by Gasteiger charge is -2.10. The van der Waals surface area contributed by atoms with Crippen LogP contribution in [0.1, 0.15) is 38.4 Å². The van der Waals surface area contributed by atoms with E-state index in [2.05, 4.69) is 37.7 Å². The van der Waals surface area contributed by atoms with Gasteiger partial charge in [0.05, 0.1) is 12.2 Å². The maximum absolute atomic E-state index is 12.9. The Morgan fingerprint density at radius 2 is 1.87 bits per heavy atom. The van der Waals surface area contributed by atoms with Gasteiger partial charge in [0, 0.05) is 29.1 Å². The van der Waals surface area contributed by atoms with Crippen LogP contribution in [0.15, 0.2) is 66.1 Å². The van der Waals surface area contributed by atoms with Gasteiger partial charge in [-0.1, -0.05) is 60.3 Å². The van der Waals surface area contributed by atoms with Crippen molar-refractivity contribution >= 4 is 17.7 Å². The Morgan fingerprint density at radius 3 is 2.65 bits per heavy atom. The molecule has 1 amide bonds. The second-order valence-electron chi connectivity index (χ2n) is 7.21. The molecule has 0 saturated carbocycles. The van der Waals surface area contributed by atoms with Crippen LogP contribution >= 0.6 is 11.8 Å². The van der Waals surface area contributed by atoms with Crippen LogP contribution in [-0.4, -0.2) is 30.9 Å². The predicted octanol–water partition coefficient (Wildman–Crippen LogP) is 3.89. The third kappa shape index (κ3) is 5.03. The summed E-state index contributed by atoms with van der Waals surface area (Å²) >= 11 is 1.51. The number of H-pyrrole nitrogens is 1. The van der Waals surface area contributed by atoms with E-state index in [0.717, 1.165) is 27.7 Å². The fourth-order valence-electron chi connectivity index (χ4n) is 3.44. The Hall–Kier alpha value is -3.39. The van der Waals surface area contributed by atoms with Gasteiger partial charge in [-0.2, -0.15) is 10.2 Å². The third-order valence-corrected chi connectivity index (χ3v) is 6.08. The van der Waals surface area contributed by atoms with Crippen molar-refractivity contribution in [3.8, 4) is 0 Å². The molecule has 31 heavy (non-hydrogen) atoms. The van der Waals surface area contributed by atoms with E-state index in [1.165, 1.54) is 23.7 Å². The zero-order valence-corrected chi connectivity index (χ0v) is 18.3. The molecule has 2 N–H and O–H groups in total. The van der Waals surface area contributed by atoms with Gasteiger partial charge in [-0.25, -0.2) is 4.98 Å². The van der Waals surface area contributed by atoms with E-state index in [-0.39, 0.29) is 5.91 Å². The van der Waals surface area contributed by atoms with Crippen molar-refractivity contribution in [3.05, 3.63) is 94.6 Å². The van der Waals surface area contributed by atoms with Crippen molar-refractivity contribution < 1.29 is 4.79 Å². The Balaban J connectivity index is 1.43. The summed E-state index contributed by atoms with van der Waals surface area (Å²) in [6.07, 6.45) is 1.48. The van der Waals surface area contributed by atoms with E-state index < -0.39 is 0 Å². The summed E-state index contributed by atoms with van der Waals surface area (Å²) in [4.78, 5) is 17.1. The topological polar surface area (TPSA) is 88.5 Å². The Labute approximate surface area is 185 Å². The molecule has 0 aliphatic heterocycles. The lowest BCUT2D eigenvalue weighted by molar-refractivity contribution is 0.0950.